The van der Waals surface area contributed by atoms with Crippen LogP contribution >= 0.6 is 0 Å². The van der Waals surface area contributed by atoms with Crippen molar-refractivity contribution >= 4 is 5.97 Å². The summed E-state index contributed by atoms with van der Waals surface area (Å²) in [5, 5.41) is 12.4. The molecule has 1 saturated heterocycles. The standard InChI is InChI=1S/C16H20FNO3/c17-14-7-15(21-9-10-2-1-5-18-8-10)12(11-3-4-11)6-13(14)16(19)20/h6-7,10-11,18H,1-5,8-9H2,(H,19,20)/t10-/m1/s1. The Morgan fingerprint density at radius 3 is 2.81 bits per heavy atom. The lowest BCUT2D eigenvalue weighted by Gasteiger charge is -2.23. The van der Waals surface area contributed by atoms with Crippen LogP contribution in [0.25, 0.3) is 0 Å². The summed E-state index contributed by atoms with van der Waals surface area (Å²) in [7, 11) is 0. The van der Waals surface area contributed by atoms with Crippen molar-refractivity contribution in [2.75, 3.05) is 19.7 Å². The molecule has 0 bridgehead atoms. The highest BCUT2D eigenvalue weighted by Gasteiger charge is 2.29. The van der Waals surface area contributed by atoms with Crippen LogP contribution in [0.4, 0.5) is 4.39 Å². The van der Waals surface area contributed by atoms with Crippen molar-refractivity contribution in [3.8, 4) is 5.75 Å². The van der Waals surface area contributed by atoms with E-state index in [-0.39, 0.29) is 5.56 Å². The predicted molar refractivity (Wildman–Crippen MR) is 76.4 cm³/mol. The summed E-state index contributed by atoms with van der Waals surface area (Å²) in [6.45, 7) is 2.53. The molecule has 1 aromatic carbocycles. The van der Waals surface area contributed by atoms with Crippen LogP contribution in [0, 0.1) is 11.7 Å². The molecule has 3 rings (SSSR count). The Morgan fingerprint density at radius 2 is 2.19 bits per heavy atom. The molecule has 2 aliphatic rings. The Labute approximate surface area is 123 Å². The third kappa shape index (κ3) is 3.35. The third-order valence-corrected chi connectivity index (χ3v) is 4.22. The molecular formula is C16H20FNO3. The first-order valence-corrected chi connectivity index (χ1v) is 7.55. The Kier molecular flexibility index (Phi) is 4.10. The number of carboxylic acids is 1. The normalized spacial score (nSPS) is 22.0. The van der Waals surface area contributed by atoms with E-state index in [9.17, 15) is 9.18 Å². The molecule has 1 heterocycles. The van der Waals surface area contributed by atoms with Gasteiger partial charge in [0.15, 0.2) is 0 Å². The summed E-state index contributed by atoms with van der Waals surface area (Å²) in [5.41, 5.74) is 0.584. The highest BCUT2D eigenvalue weighted by molar-refractivity contribution is 5.88. The first-order chi connectivity index (χ1) is 10.1. The maximum absolute atomic E-state index is 13.9. The monoisotopic (exact) mass is 293 g/mol. The van der Waals surface area contributed by atoms with Crippen LogP contribution < -0.4 is 10.1 Å². The predicted octanol–water partition coefficient (Wildman–Crippen LogP) is 2.78. The molecule has 0 spiro atoms. The van der Waals surface area contributed by atoms with Crippen LogP contribution in [0.3, 0.4) is 0 Å². The molecule has 2 fully saturated rings. The number of rotatable bonds is 5. The fourth-order valence-corrected chi connectivity index (χ4v) is 2.85. The van der Waals surface area contributed by atoms with E-state index in [1.54, 1.807) is 0 Å². The van der Waals surface area contributed by atoms with Crippen molar-refractivity contribution in [1.29, 1.82) is 0 Å². The van der Waals surface area contributed by atoms with Crippen molar-refractivity contribution in [1.82, 2.24) is 5.32 Å². The van der Waals surface area contributed by atoms with Crippen LogP contribution in [0.1, 0.15) is 47.5 Å². The summed E-state index contributed by atoms with van der Waals surface area (Å²) in [4.78, 5) is 11.0. The lowest BCUT2D eigenvalue weighted by molar-refractivity contribution is 0.0691. The van der Waals surface area contributed by atoms with Gasteiger partial charge in [-0.1, -0.05) is 0 Å². The smallest absolute Gasteiger partial charge is 0.338 e. The molecule has 114 valence electrons. The number of carboxylic acid groups (broad SMARTS) is 1. The van der Waals surface area contributed by atoms with Gasteiger partial charge in [0.1, 0.15) is 11.6 Å². The molecule has 1 aliphatic heterocycles. The quantitative estimate of drug-likeness (QED) is 0.876. The minimum absolute atomic E-state index is 0.261. The van der Waals surface area contributed by atoms with Crippen molar-refractivity contribution in [3.63, 3.8) is 0 Å². The van der Waals surface area contributed by atoms with Crippen molar-refractivity contribution in [2.24, 2.45) is 5.92 Å². The SMILES string of the molecule is O=C(O)c1cc(C2CC2)c(OC[C@@H]2CCCNC2)cc1F. The van der Waals surface area contributed by atoms with E-state index in [1.807, 2.05) is 0 Å². The molecular weight excluding hydrogens is 273 g/mol. The molecule has 0 amide bonds. The van der Waals surface area contributed by atoms with Gasteiger partial charge in [-0.2, -0.15) is 0 Å². The van der Waals surface area contributed by atoms with Gasteiger partial charge in [-0.15, -0.1) is 0 Å². The van der Waals surface area contributed by atoms with Crippen LogP contribution in [0.2, 0.25) is 0 Å². The first-order valence-electron chi connectivity index (χ1n) is 7.55. The molecule has 1 aromatic rings. The van der Waals surface area contributed by atoms with Gasteiger partial charge < -0.3 is 15.2 Å². The van der Waals surface area contributed by atoms with E-state index in [4.69, 9.17) is 9.84 Å². The van der Waals surface area contributed by atoms with Crippen LogP contribution in [0.5, 0.6) is 5.75 Å². The molecule has 0 aromatic heterocycles. The summed E-state index contributed by atoms with van der Waals surface area (Å²) >= 11 is 0. The zero-order chi connectivity index (χ0) is 14.8. The number of nitrogens with one attached hydrogen (secondary N) is 1. The van der Waals surface area contributed by atoms with Crippen molar-refractivity contribution in [3.05, 3.63) is 29.1 Å². The molecule has 1 atom stereocenters. The summed E-state index contributed by atoms with van der Waals surface area (Å²) in [5.74, 6) is -0.664. The van der Waals surface area contributed by atoms with Gasteiger partial charge in [-0.25, -0.2) is 9.18 Å². The zero-order valence-corrected chi connectivity index (χ0v) is 11.9. The minimum Gasteiger partial charge on any atom is -0.493 e. The van der Waals surface area contributed by atoms with Gasteiger partial charge in [0.25, 0.3) is 0 Å². The maximum atomic E-state index is 13.9. The van der Waals surface area contributed by atoms with E-state index in [0.717, 1.165) is 44.3 Å². The van der Waals surface area contributed by atoms with Crippen molar-refractivity contribution < 1.29 is 19.0 Å². The molecule has 21 heavy (non-hydrogen) atoms. The molecule has 1 aliphatic carbocycles. The second-order valence-corrected chi connectivity index (χ2v) is 5.97. The van der Waals surface area contributed by atoms with Gasteiger partial charge in [0.05, 0.1) is 12.2 Å². The number of halogens is 1. The second-order valence-electron chi connectivity index (χ2n) is 5.97. The van der Waals surface area contributed by atoms with Gasteiger partial charge in [0, 0.05) is 18.5 Å². The van der Waals surface area contributed by atoms with E-state index in [2.05, 4.69) is 5.32 Å². The Balaban J connectivity index is 1.76. The molecule has 4 nitrogen and oxygen atoms in total. The summed E-state index contributed by atoms with van der Waals surface area (Å²) in [6.07, 6.45) is 4.29. The van der Waals surface area contributed by atoms with Gasteiger partial charge >= 0.3 is 5.97 Å². The number of aromatic carboxylic acids is 1. The Morgan fingerprint density at radius 1 is 1.38 bits per heavy atom. The van der Waals surface area contributed by atoms with E-state index >= 15 is 0 Å². The van der Waals surface area contributed by atoms with Gasteiger partial charge in [0.2, 0.25) is 0 Å². The van der Waals surface area contributed by atoms with Gasteiger partial charge in [-0.3, -0.25) is 0 Å². The number of hydrogen-bond donors (Lipinski definition) is 2. The average Bonchev–Trinajstić information content (AvgIpc) is 3.30. The molecule has 5 heteroatoms. The second kappa shape index (κ2) is 6.02. The van der Waals surface area contributed by atoms with Crippen LogP contribution in [-0.4, -0.2) is 30.8 Å². The number of hydrogen-bond acceptors (Lipinski definition) is 3. The van der Waals surface area contributed by atoms with Crippen LogP contribution in [0.15, 0.2) is 12.1 Å². The summed E-state index contributed by atoms with van der Waals surface area (Å²) < 4.78 is 19.7. The number of benzene rings is 1. The number of ether oxygens (including phenoxy) is 1. The number of piperidine rings is 1. The largest absolute Gasteiger partial charge is 0.493 e. The number of carbonyl (C=O) groups is 1. The highest BCUT2D eigenvalue weighted by atomic mass is 19.1. The lowest BCUT2D eigenvalue weighted by atomic mass is 10.0. The fraction of sp³-hybridized carbons (Fsp3) is 0.562. The lowest BCUT2D eigenvalue weighted by Crippen LogP contribution is -2.33. The molecule has 1 saturated carbocycles. The van der Waals surface area contributed by atoms with E-state index < -0.39 is 11.8 Å². The topological polar surface area (TPSA) is 58.6 Å². The minimum atomic E-state index is -1.22. The van der Waals surface area contributed by atoms with Crippen molar-refractivity contribution in [2.45, 2.75) is 31.6 Å². The molecule has 0 radical (unpaired) electrons. The highest BCUT2D eigenvalue weighted by Crippen LogP contribution is 2.45. The average molecular weight is 293 g/mol. The first kappa shape index (κ1) is 14.3. The maximum Gasteiger partial charge on any atom is 0.338 e. The fourth-order valence-electron chi connectivity index (χ4n) is 2.85. The van der Waals surface area contributed by atoms with E-state index in [1.165, 1.54) is 12.1 Å². The third-order valence-electron chi connectivity index (χ3n) is 4.22. The molecule has 2 N–H and O–H groups in total. The van der Waals surface area contributed by atoms with Crippen LogP contribution in [-0.2, 0) is 0 Å². The molecule has 0 unspecified atom stereocenters. The summed E-state index contributed by atoms with van der Waals surface area (Å²) in [6, 6.07) is 2.69. The zero-order valence-electron chi connectivity index (χ0n) is 11.9. The van der Waals surface area contributed by atoms with E-state index in [0.29, 0.717) is 24.2 Å². The van der Waals surface area contributed by atoms with Gasteiger partial charge in [-0.05, 0) is 49.8 Å². The Bertz CT molecular complexity index is 537. The Hall–Kier alpha value is -1.62.